The average molecular weight is 483 g/mol. The summed E-state index contributed by atoms with van der Waals surface area (Å²) in [6.45, 7) is 7.41. The van der Waals surface area contributed by atoms with Crippen molar-refractivity contribution in [1.29, 1.82) is 0 Å². The third-order valence-corrected chi connectivity index (χ3v) is 6.93. The van der Waals surface area contributed by atoms with E-state index < -0.39 is 0 Å². The average Bonchev–Trinajstić information content (AvgIpc) is 2.84. The zero-order valence-electron chi connectivity index (χ0n) is 23.2. The molecule has 0 saturated carbocycles. The van der Waals surface area contributed by atoms with Gasteiger partial charge < -0.3 is 9.47 Å². The second-order valence-corrected chi connectivity index (χ2v) is 10.1. The minimum atomic E-state index is -0.294. The summed E-state index contributed by atoms with van der Waals surface area (Å²) in [6.07, 6.45) is 26.5. The summed E-state index contributed by atoms with van der Waals surface area (Å²) in [5, 5.41) is 0. The number of carbonyl (C=O) groups is 2. The van der Waals surface area contributed by atoms with Gasteiger partial charge in [0.1, 0.15) is 0 Å². The van der Waals surface area contributed by atoms with E-state index in [1.54, 1.807) is 0 Å². The van der Waals surface area contributed by atoms with Crippen molar-refractivity contribution in [2.75, 3.05) is 13.2 Å². The molecule has 0 saturated heterocycles. The highest BCUT2D eigenvalue weighted by Crippen LogP contribution is 2.14. The van der Waals surface area contributed by atoms with E-state index in [1.807, 2.05) is 0 Å². The van der Waals surface area contributed by atoms with E-state index in [9.17, 15) is 9.59 Å². The Labute approximate surface area is 212 Å². The molecule has 0 fully saturated rings. The first-order valence-corrected chi connectivity index (χ1v) is 14.9. The molecule has 4 heteroatoms. The molecular formula is C30H58O4. The molecular weight excluding hydrogens is 424 g/mol. The molecule has 0 aliphatic carbocycles. The molecule has 4 nitrogen and oxygen atoms in total. The SMILES string of the molecule is CCCCCCCCCCCCCCCCCCCCOC(=O)CCC(=O)OCC(CC)CC. The fraction of sp³-hybridized carbons (Fsp3) is 0.933. The quantitative estimate of drug-likeness (QED) is 0.0910. The highest BCUT2D eigenvalue weighted by atomic mass is 16.5. The van der Waals surface area contributed by atoms with Crippen LogP contribution in [0.5, 0.6) is 0 Å². The van der Waals surface area contributed by atoms with Gasteiger partial charge in [0.15, 0.2) is 0 Å². The number of carbonyl (C=O) groups excluding carboxylic acids is 2. The van der Waals surface area contributed by atoms with Crippen LogP contribution in [0.15, 0.2) is 0 Å². The molecule has 0 rings (SSSR count). The van der Waals surface area contributed by atoms with Gasteiger partial charge in [-0.1, -0.05) is 143 Å². The zero-order chi connectivity index (χ0) is 25.1. The van der Waals surface area contributed by atoms with Gasteiger partial charge in [-0.15, -0.1) is 0 Å². The molecule has 0 heterocycles. The van der Waals surface area contributed by atoms with Gasteiger partial charge in [0.05, 0.1) is 26.1 Å². The normalized spacial score (nSPS) is 11.2. The lowest BCUT2D eigenvalue weighted by molar-refractivity contribution is -0.151. The van der Waals surface area contributed by atoms with Crippen LogP contribution in [0, 0.1) is 5.92 Å². The lowest BCUT2D eigenvalue weighted by atomic mass is 10.0. The summed E-state index contributed by atoms with van der Waals surface area (Å²) < 4.78 is 10.5. The molecule has 0 spiro atoms. The van der Waals surface area contributed by atoms with Crippen LogP contribution in [-0.4, -0.2) is 25.2 Å². The zero-order valence-corrected chi connectivity index (χ0v) is 23.2. The number of ether oxygens (including phenoxy) is 2. The molecule has 0 aromatic carbocycles. The Morgan fingerprint density at radius 2 is 0.853 bits per heavy atom. The van der Waals surface area contributed by atoms with Crippen molar-refractivity contribution >= 4 is 11.9 Å². The molecule has 0 aliphatic rings. The summed E-state index contributed by atoms with van der Waals surface area (Å²) in [4.78, 5) is 23.5. The van der Waals surface area contributed by atoms with Crippen LogP contribution >= 0.6 is 0 Å². The van der Waals surface area contributed by atoms with Crippen LogP contribution in [-0.2, 0) is 19.1 Å². The Kier molecular flexibility index (Phi) is 25.7. The molecule has 0 unspecified atom stereocenters. The topological polar surface area (TPSA) is 52.6 Å². The third kappa shape index (κ3) is 24.1. The molecule has 0 aliphatic heterocycles. The van der Waals surface area contributed by atoms with E-state index in [4.69, 9.17) is 9.47 Å². The van der Waals surface area contributed by atoms with Crippen molar-refractivity contribution < 1.29 is 19.1 Å². The first kappa shape index (κ1) is 32.9. The Morgan fingerprint density at radius 3 is 1.24 bits per heavy atom. The molecule has 0 atom stereocenters. The fourth-order valence-corrected chi connectivity index (χ4v) is 4.27. The largest absolute Gasteiger partial charge is 0.466 e. The van der Waals surface area contributed by atoms with Gasteiger partial charge in [0.25, 0.3) is 0 Å². The second kappa shape index (κ2) is 26.5. The smallest absolute Gasteiger partial charge is 0.306 e. The fourth-order valence-electron chi connectivity index (χ4n) is 4.27. The lowest BCUT2D eigenvalue weighted by Crippen LogP contribution is -2.15. The highest BCUT2D eigenvalue weighted by Gasteiger charge is 2.11. The third-order valence-electron chi connectivity index (χ3n) is 6.93. The summed E-state index contributed by atoms with van der Waals surface area (Å²) in [6, 6.07) is 0. The number of esters is 2. The van der Waals surface area contributed by atoms with E-state index in [0.717, 1.165) is 25.7 Å². The van der Waals surface area contributed by atoms with Crippen molar-refractivity contribution in [1.82, 2.24) is 0 Å². The Hall–Kier alpha value is -1.06. The summed E-state index contributed by atoms with van der Waals surface area (Å²) >= 11 is 0. The van der Waals surface area contributed by atoms with E-state index in [-0.39, 0.29) is 24.8 Å². The predicted molar refractivity (Wildman–Crippen MR) is 144 cm³/mol. The van der Waals surface area contributed by atoms with E-state index >= 15 is 0 Å². The van der Waals surface area contributed by atoms with Gasteiger partial charge in [-0.3, -0.25) is 9.59 Å². The maximum absolute atomic E-state index is 11.8. The van der Waals surface area contributed by atoms with Crippen LogP contribution in [0.4, 0.5) is 0 Å². The van der Waals surface area contributed by atoms with Gasteiger partial charge in [-0.25, -0.2) is 0 Å². The van der Waals surface area contributed by atoms with E-state index in [1.165, 1.54) is 103 Å². The summed E-state index contributed by atoms with van der Waals surface area (Å²) in [5.74, 6) is -0.163. The Morgan fingerprint density at radius 1 is 0.500 bits per heavy atom. The summed E-state index contributed by atoms with van der Waals surface area (Å²) in [5.41, 5.74) is 0. The van der Waals surface area contributed by atoms with Gasteiger partial charge in [-0.2, -0.15) is 0 Å². The van der Waals surface area contributed by atoms with Crippen LogP contribution < -0.4 is 0 Å². The molecule has 0 bridgehead atoms. The van der Waals surface area contributed by atoms with Gasteiger partial charge in [0.2, 0.25) is 0 Å². The van der Waals surface area contributed by atoms with Crippen LogP contribution in [0.1, 0.15) is 162 Å². The molecule has 202 valence electrons. The minimum absolute atomic E-state index is 0.123. The maximum Gasteiger partial charge on any atom is 0.306 e. The van der Waals surface area contributed by atoms with E-state index in [0.29, 0.717) is 19.1 Å². The van der Waals surface area contributed by atoms with Crippen molar-refractivity contribution in [2.24, 2.45) is 5.92 Å². The Balaban J connectivity index is 3.27. The molecule has 0 aromatic heterocycles. The van der Waals surface area contributed by atoms with E-state index in [2.05, 4.69) is 20.8 Å². The van der Waals surface area contributed by atoms with Crippen LogP contribution in [0.3, 0.4) is 0 Å². The van der Waals surface area contributed by atoms with Crippen molar-refractivity contribution in [3.63, 3.8) is 0 Å². The van der Waals surface area contributed by atoms with Gasteiger partial charge in [-0.05, 0) is 12.3 Å². The standard InChI is InChI=1S/C30H58O4/c1-4-7-8-9-10-11-12-13-14-15-16-17-18-19-20-21-22-23-26-33-29(31)24-25-30(32)34-27-28(5-2)6-3/h28H,4-27H2,1-3H3. The first-order valence-electron chi connectivity index (χ1n) is 14.9. The molecule has 0 amide bonds. The van der Waals surface area contributed by atoms with Crippen LogP contribution in [0.25, 0.3) is 0 Å². The molecule has 34 heavy (non-hydrogen) atoms. The molecule has 0 N–H and O–H groups in total. The first-order chi connectivity index (χ1) is 16.6. The molecule has 0 aromatic rings. The van der Waals surface area contributed by atoms with Crippen molar-refractivity contribution in [2.45, 2.75) is 162 Å². The van der Waals surface area contributed by atoms with Crippen molar-refractivity contribution in [3.8, 4) is 0 Å². The van der Waals surface area contributed by atoms with Gasteiger partial charge in [0, 0.05) is 0 Å². The van der Waals surface area contributed by atoms with Crippen molar-refractivity contribution in [3.05, 3.63) is 0 Å². The second-order valence-electron chi connectivity index (χ2n) is 10.1. The minimum Gasteiger partial charge on any atom is -0.466 e. The Bertz CT molecular complexity index is 445. The monoisotopic (exact) mass is 482 g/mol. The van der Waals surface area contributed by atoms with Crippen LogP contribution in [0.2, 0.25) is 0 Å². The number of hydrogen-bond donors (Lipinski definition) is 0. The highest BCUT2D eigenvalue weighted by molar-refractivity contribution is 5.77. The molecule has 0 radical (unpaired) electrons. The summed E-state index contributed by atoms with van der Waals surface area (Å²) in [7, 11) is 0. The lowest BCUT2D eigenvalue weighted by Gasteiger charge is -2.12. The van der Waals surface area contributed by atoms with Gasteiger partial charge >= 0.3 is 11.9 Å². The maximum atomic E-state index is 11.8. The number of hydrogen-bond acceptors (Lipinski definition) is 4. The predicted octanol–water partition coefficient (Wildman–Crippen LogP) is 9.33. The number of rotatable bonds is 26. The number of unbranched alkanes of at least 4 members (excludes halogenated alkanes) is 17.